The van der Waals surface area contributed by atoms with Gasteiger partial charge in [-0.1, -0.05) is 23.7 Å². The minimum absolute atomic E-state index is 0.0597. The number of methoxy groups -OCH3 is 1. The summed E-state index contributed by atoms with van der Waals surface area (Å²) in [7, 11) is 1.61. The first-order chi connectivity index (χ1) is 6.31. The van der Waals surface area contributed by atoms with Gasteiger partial charge >= 0.3 is 0 Å². The highest BCUT2D eigenvalue weighted by atomic mass is 35.5. The second-order valence-corrected chi connectivity index (χ2v) is 2.74. The average Bonchev–Trinajstić information content (AvgIpc) is 2.21. The summed E-state index contributed by atoms with van der Waals surface area (Å²) in [5.74, 6) is 0.788. The fourth-order valence-electron chi connectivity index (χ4n) is 0.994. The highest BCUT2D eigenvalue weighted by Crippen LogP contribution is 2.18. The van der Waals surface area contributed by atoms with Crippen LogP contribution in [0.15, 0.2) is 29.8 Å². The molecule has 0 spiro atoms. The summed E-state index contributed by atoms with van der Waals surface area (Å²) in [6.07, 6.45) is 0. The number of aliphatic hydroxyl groups is 1. The van der Waals surface area contributed by atoms with Crippen LogP contribution in [0, 0.1) is 0 Å². The topological polar surface area (TPSA) is 29.5 Å². The second-order valence-electron chi connectivity index (χ2n) is 2.52. The van der Waals surface area contributed by atoms with Crippen molar-refractivity contribution >= 4 is 17.2 Å². The lowest BCUT2D eigenvalue weighted by atomic mass is 10.1. The summed E-state index contributed by atoms with van der Waals surface area (Å²) < 4.78 is 5.00. The molecular formula is C10H11ClO2. The van der Waals surface area contributed by atoms with Gasteiger partial charge in [-0.05, 0) is 23.3 Å². The largest absolute Gasteiger partial charge is 0.497 e. The zero-order valence-electron chi connectivity index (χ0n) is 7.33. The highest BCUT2D eigenvalue weighted by molar-refractivity contribution is 6.28. The second kappa shape index (κ2) is 4.90. The van der Waals surface area contributed by atoms with Gasteiger partial charge in [0.25, 0.3) is 0 Å². The Morgan fingerprint density at radius 1 is 1.46 bits per heavy atom. The van der Waals surface area contributed by atoms with Crippen molar-refractivity contribution in [2.75, 3.05) is 13.7 Å². The molecule has 0 radical (unpaired) electrons. The normalized spacial score (nSPS) is 11.5. The van der Waals surface area contributed by atoms with Crippen LogP contribution in [-0.4, -0.2) is 18.8 Å². The van der Waals surface area contributed by atoms with E-state index >= 15 is 0 Å². The van der Waals surface area contributed by atoms with E-state index < -0.39 is 0 Å². The van der Waals surface area contributed by atoms with E-state index in [2.05, 4.69) is 0 Å². The number of ether oxygens (including phenoxy) is 1. The smallest absolute Gasteiger partial charge is 0.118 e. The van der Waals surface area contributed by atoms with E-state index in [0.29, 0.717) is 5.57 Å². The minimum Gasteiger partial charge on any atom is -0.497 e. The van der Waals surface area contributed by atoms with Gasteiger partial charge in [0.15, 0.2) is 0 Å². The molecular weight excluding hydrogens is 188 g/mol. The Morgan fingerprint density at radius 3 is 2.46 bits per heavy atom. The van der Waals surface area contributed by atoms with Gasteiger partial charge < -0.3 is 9.84 Å². The number of rotatable bonds is 3. The molecule has 0 aliphatic rings. The fraction of sp³-hybridized carbons (Fsp3) is 0.200. The molecule has 0 aliphatic carbocycles. The number of aliphatic hydroxyl groups excluding tert-OH is 1. The van der Waals surface area contributed by atoms with E-state index in [0.717, 1.165) is 11.3 Å². The van der Waals surface area contributed by atoms with Gasteiger partial charge in [0, 0.05) is 5.54 Å². The molecule has 0 amide bonds. The molecule has 0 atom stereocenters. The Morgan fingerprint density at radius 2 is 2.08 bits per heavy atom. The maximum Gasteiger partial charge on any atom is 0.118 e. The molecule has 70 valence electrons. The summed E-state index contributed by atoms with van der Waals surface area (Å²) in [5, 5.41) is 8.92. The fourth-order valence-corrected chi connectivity index (χ4v) is 1.19. The molecule has 1 aromatic carbocycles. The van der Waals surface area contributed by atoms with Crippen LogP contribution in [-0.2, 0) is 0 Å². The van der Waals surface area contributed by atoms with Crippen LogP contribution in [0.4, 0.5) is 0 Å². The monoisotopic (exact) mass is 198 g/mol. The predicted molar refractivity (Wildman–Crippen MR) is 53.9 cm³/mol. The first-order valence-electron chi connectivity index (χ1n) is 3.86. The van der Waals surface area contributed by atoms with Crippen molar-refractivity contribution in [2.24, 2.45) is 0 Å². The van der Waals surface area contributed by atoms with E-state index in [1.165, 1.54) is 5.54 Å². The Balaban J connectivity index is 2.91. The lowest BCUT2D eigenvalue weighted by molar-refractivity contribution is 0.350. The average molecular weight is 199 g/mol. The van der Waals surface area contributed by atoms with Crippen molar-refractivity contribution < 1.29 is 9.84 Å². The molecule has 1 aromatic rings. The molecule has 0 saturated carbocycles. The molecule has 13 heavy (non-hydrogen) atoms. The van der Waals surface area contributed by atoms with Crippen molar-refractivity contribution in [3.63, 3.8) is 0 Å². The molecule has 2 nitrogen and oxygen atoms in total. The van der Waals surface area contributed by atoms with Crippen LogP contribution in [0.3, 0.4) is 0 Å². The molecule has 0 fully saturated rings. The van der Waals surface area contributed by atoms with Gasteiger partial charge in [-0.15, -0.1) is 0 Å². The number of benzene rings is 1. The maximum absolute atomic E-state index is 8.92. The van der Waals surface area contributed by atoms with E-state index in [4.69, 9.17) is 21.4 Å². The lowest BCUT2D eigenvalue weighted by Crippen LogP contribution is -1.89. The number of hydrogen-bond acceptors (Lipinski definition) is 2. The summed E-state index contributed by atoms with van der Waals surface area (Å²) in [5.41, 5.74) is 2.98. The van der Waals surface area contributed by atoms with Crippen molar-refractivity contribution in [1.82, 2.24) is 0 Å². The third-order valence-corrected chi connectivity index (χ3v) is 2.03. The third kappa shape index (κ3) is 2.47. The number of halogens is 1. The molecule has 0 aromatic heterocycles. The third-order valence-electron chi connectivity index (χ3n) is 1.76. The molecule has 0 unspecified atom stereocenters. The lowest BCUT2D eigenvalue weighted by Gasteiger charge is -2.04. The van der Waals surface area contributed by atoms with Gasteiger partial charge in [-0.2, -0.15) is 0 Å². The van der Waals surface area contributed by atoms with E-state index in [-0.39, 0.29) is 6.61 Å². The van der Waals surface area contributed by atoms with Gasteiger partial charge in [-0.3, -0.25) is 0 Å². The van der Waals surface area contributed by atoms with Crippen molar-refractivity contribution in [1.29, 1.82) is 0 Å². The quantitative estimate of drug-likeness (QED) is 0.808. The first-order valence-corrected chi connectivity index (χ1v) is 4.30. The zero-order chi connectivity index (χ0) is 9.68. The van der Waals surface area contributed by atoms with Crippen LogP contribution in [0.5, 0.6) is 5.75 Å². The summed E-state index contributed by atoms with van der Waals surface area (Å²) in [6.45, 7) is -0.0597. The predicted octanol–water partition coefficient (Wildman–Crippen LogP) is 2.27. The standard InChI is InChI=1S/C10H11ClO2/c1-13-10-4-2-8(3-5-10)9(6-11)7-12/h2-6,12H,7H2,1H3/b9-6-. The molecule has 0 aliphatic heterocycles. The summed E-state index contributed by atoms with van der Waals surface area (Å²) in [4.78, 5) is 0. The van der Waals surface area contributed by atoms with E-state index in [1.807, 2.05) is 24.3 Å². The van der Waals surface area contributed by atoms with Crippen LogP contribution >= 0.6 is 11.6 Å². The van der Waals surface area contributed by atoms with Gasteiger partial charge in [0.1, 0.15) is 5.75 Å². The summed E-state index contributed by atoms with van der Waals surface area (Å²) >= 11 is 5.52. The molecule has 0 bridgehead atoms. The minimum atomic E-state index is -0.0597. The SMILES string of the molecule is COc1ccc(/C(=C\Cl)CO)cc1. The first kappa shape index (κ1) is 10.1. The zero-order valence-corrected chi connectivity index (χ0v) is 8.08. The molecule has 1 rings (SSSR count). The summed E-state index contributed by atoms with van der Waals surface area (Å²) in [6, 6.07) is 7.35. The van der Waals surface area contributed by atoms with Crippen LogP contribution in [0.2, 0.25) is 0 Å². The van der Waals surface area contributed by atoms with Crippen molar-refractivity contribution in [2.45, 2.75) is 0 Å². The van der Waals surface area contributed by atoms with E-state index in [1.54, 1.807) is 7.11 Å². The van der Waals surface area contributed by atoms with Crippen LogP contribution in [0.25, 0.3) is 5.57 Å². The number of hydrogen-bond donors (Lipinski definition) is 1. The van der Waals surface area contributed by atoms with Crippen LogP contribution in [0.1, 0.15) is 5.56 Å². The van der Waals surface area contributed by atoms with Crippen LogP contribution < -0.4 is 4.74 Å². The molecule has 1 N–H and O–H groups in total. The highest BCUT2D eigenvalue weighted by Gasteiger charge is 1.99. The van der Waals surface area contributed by atoms with E-state index in [9.17, 15) is 0 Å². The Labute approximate surface area is 82.4 Å². The molecule has 3 heteroatoms. The Bertz CT molecular complexity index is 290. The van der Waals surface area contributed by atoms with Crippen molar-refractivity contribution in [3.05, 3.63) is 35.4 Å². The maximum atomic E-state index is 8.92. The Hall–Kier alpha value is -0.990. The van der Waals surface area contributed by atoms with Gasteiger partial charge in [0.05, 0.1) is 13.7 Å². The van der Waals surface area contributed by atoms with Crippen molar-refractivity contribution in [3.8, 4) is 5.75 Å². The Kier molecular flexibility index (Phi) is 3.80. The molecule has 0 heterocycles. The molecule has 0 saturated heterocycles. The van der Waals surface area contributed by atoms with Gasteiger partial charge in [0.2, 0.25) is 0 Å². The van der Waals surface area contributed by atoms with Gasteiger partial charge in [-0.25, -0.2) is 0 Å².